The van der Waals surface area contributed by atoms with Crippen LogP contribution < -0.4 is 5.32 Å². The molecule has 2 aromatic heterocycles. The molecule has 2 aromatic rings. The van der Waals surface area contributed by atoms with Gasteiger partial charge in [-0.1, -0.05) is 0 Å². The molecule has 0 atom stereocenters. The number of rotatable bonds is 4. The van der Waals surface area contributed by atoms with Crippen LogP contribution in [-0.2, 0) is 6.54 Å². The van der Waals surface area contributed by atoms with E-state index >= 15 is 0 Å². The number of hydrogen-bond donors (Lipinski definition) is 1. The topological polar surface area (TPSA) is 12.0 Å². The highest BCUT2D eigenvalue weighted by Crippen LogP contribution is 2.55. The Kier molecular flexibility index (Phi) is 3.47. The van der Waals surface area contributed by atoms with Crippen LogP contribution in [0.5, 0.6) is 0 Å². The van der Waals surface area contributed by atoms with Crippen molar-refractivity contribution in [1.29, 1.82) is 0 Å². The largest absolute Gasteiger partial charge is 0.306 e. The van der Waals surface area contributed by atoms with Crippen molar-refractivity contribution in [2.45, 2.75) is 57.5 Å². The summed E-state index contributed by atoms with van der Waals surface area (Å²) < 4.78 is 0. The maximum atomic E-state index is 4.03. The highest BCUT2D eigenvalue weighted by Gasteiger charge is 2.50. The Balaban J connectivity index is 1.29. The maximum Gasteiger partial charge on any atom is 0.0354 e. The fourth-order valence-corrected chi connectivity index (χ4v) is 7.51. The molecule has 4 saturated carbocycles. The van der Waals surface area contributed by atoms with E-state index in [1.165, 1.54) is 58.7 Å². The Morgan fingerprint density at radius 2 is 1.78 bits per heavy atom. The molecule has 0 unspecified atom stereocenters. The Hall–Kier alpha value is -0.640. The van der Waals surface area contributed by atoms with Crippen molar-refractivity contribution in [2.75, 3.05) is 0 Å². The van der Waals surface area contributed by atoms with E-state index in [1.54, 1.807) is 0 Å². The maximum absolute atomic E-state index is 4.03. The first kappa shape index (κ1) is 14.7. The van der Waals surface area contributed by atoms with Crippen LogP contribution in [0.3, 0.4) is 0 Å². The number of thiophene rings is 2. The summed E-state index contributed by atoms with van der Waals surface area (Å²) in [6, 6.07) is 6.95. The van der Waals surface area contributed by atoms with Crippen LogP contribution in [0.4, 0.5) is 0 Å². The quantitative estimate of drug-likeness (QED) is 0.735. The lowest BCUT2D eigenvalue weighted by Crippen LogP contribution is -2.58. The van der Waals surface area contributed by atoms with E-state index in [2.05, 4.69) is 35.8 Å². The van der Waals surface area contributed by atoms with Gasteiger partial charge in [0.05, 0.1) is 0 Å². The summed E-state index contributed by atoms with van der Waals surface area (Å²) in [6.07, 6.45) is 8.92. The van der Waals surface area contributed by atoms with Crippen LogP contribution in [0.15, 0.2) is 23.6 Å². The molecular formula is C20H25NS2. The van der Waals surface area contributed by atoms with E-state index in [0.29, 0.717) is 5.54 Å². The van der Waals surface area contributed by atoms with E-state index in [9.17, 15) is 0 Å². The van der Waals surface area contributed by atoms with Crippen molar-refractivity contribution in [3.63, 3.8) is 0 Å². The molecule has 0 amide bonds. The van der Waals surface area contributed by atoms with Gasteiger partial charge in [0.15, 0.2) is 0 Å². The Morgan fingerprint density at radius 1 is 1.09 bits per heavy atom. The van der Waals surface area contributed by atoms with Crippen LogP contribution >= 0.6 is 22.7 Å². The van der Waals surface area contributed by atoms with Crippen LogP contribution in [0.1, 0.15) is 48.3 Å². The molecular weight excluding hydrogens is 318 g/mol. The second-order valence-corrected chi connectivity index (χ2v) is 10.5. The van der Waals surface area contributed by atoms with Gasteiger partial charge in [-0.05, 0) is 86.8 Å². The van der Waals surface area contributed by atoms with E-state index in [1.807, 2.05) is 22.7 Å². The highest BCUT2D eigenvalue weighted by molar-refractivity contribution is 7.16. The lowest BCUT2D eigenvalue weighted by molar-refractivity contribution is -0.0204. The molecule has 3 heteroatoms. The molecule has 4 bridgehead atoms. The van der Waals surface area contributed by atoms with Gasteiger partial charge in [0.2, 0.25) is 0 Å². The smallest absolute Gasteiger partial charge is 0.0354 e. The van der Waals surface area contributed by atoms with Gasteiger partial charge in [-0.2, -0.15) is 0 Å². The van der Waals surface area contributed by atoms with E-state index in [4.69, 9.17) is 0 Å². The number of nitrogens with one attached hydrogen (secondary N) is 1. The minimum Gasteiger partial charge on any atom is -0.306 e. The lowest BCUT2D eigenvalue weighted by Gasteiger charge is -2.57. The second-order valence-electron chi connectivity index (χ2n) is 8.26. The molecule has 23 heavy (non-hydrogen) atoms. The summed E-state index contributed by atoms with van der Waals surface area (Å²) in [5.74, 6) is 3.09. The predicted molar refractivity (Wildman–Crippen MR) is 100 cm³/mol. The molecule has 4 aliphatic carbocycles. The Morgan fingerprint density at radius 3 is 2.39 bits per heavy atom. The average Bonchev–Trinajstić information content (AvgIpc) is 3.12. The van der Waals surface area contributed by atoms with E-state index < -0.39 is 0 Å². The van der Waals surface area contributed by atoms with Crippen LogP contribution in [-0.4, -0.2) is 5.54 Å². The Labute approximate surface area is 147 Å². The predicted octanol–water partition coefficient (Wildman–Crippen LogP) is 5.84. The van der Waals surface area contributed by atoms with Crippen molar-refractivity contribution in [3.05, 3.63) is 33.3 Å². The van der Waals surface area contributed by atoms with Gasteiger partial charge >= 0.3 is 0 Å². The number of hydrogen-bond acceptors (Lipinski definition) is 3. The molecule has 122 valence electrons. The first-order valence-electron chi connectivity index (χ1n) is 9.07. The molecule has 0 spiro atoms. The monoisotopic (exact) mass is 343 g/mol. The third-order valence-corrected chi connectivity index (χ3v) is 8.35. The molecule has 4 aliphatic rings. The minimum absolute atomic E-state index is 0.484. The van der Waals surface area contributed by atoms with Gasteiger partial charge in [-0.25, -0.2) is 0 Å². The molecule has 0 aliphatic heterocycles. The zero-order valence-corrected chi connectivity index (χ0v) is 15.4. The summed E-state index contributed by atoms with van der Waals surface area (Å²) in [7, 11) is 0. The van der Waals surface area contributed by atoms with Crippen molar-refractivity contribution in [1.82, 2.24) is 5.32 Å². The molecule has 6 rings (SSSR count). The fourth-order valence-electron chi connectivity index (χ4n) is 5.80. The van der Waals surface area contributed by atoms with Crippen molar-refractivity contribution in [3.8, 4) is 10.4 Å². The standard InChI is InChI=1S/C20H25NS2/c1-13-4-17(12-22-13)19-3-2-18(23-19)11-21-20-8-14-5-15(9-20)7-16(6-14)10-20/h2-4,12,14-16,21H,5-11H2,1H3. The fraction of sp³-hybridized carbons (Fsp3) is 0.600. The van der Waals surface area contributed by atoms with Crippen LogP contribution in [0.2, 0.25) is 0 Å². The molecule has 0 aromatic carbocycles. The van der Waals surface area contributed by atoms with Gasteiger partial charge < -0.3 is 5.32 Å². The summed E-state index contributed by atoms with van der Waals surface area (Å²) in [5.41, 5.74) is 1.89. The van der Waals surface area contributed by atoms with Crippen LogP contribution in [0.25, 0.3) is 10.4 Å². The third kappa shape index (κ3) is 2.71. The average molecular weight is 344 g/mol. The first-order chi connectivity index (χ1) is 11.2. The highest BCUT2D eigenvalue weighted by atomic mass is 32.1. The normalized spacial score (nSPS) is 35.1. The lowest BCUT2D eigenvalue weighted by atomic mass is 9.53. The molecule has 0 saturated heterocycles. The number of aryl methyl sites for hydroxylation is 1. The molecule has 1 nitrogen and oxygen atoms in total. The first-order valence-corrected chi connectivity index (χ1v) is 10.8. The van der Waals surface area contributed by atoms with Crippen molar-refractivity contribution < 1.29 is 0 Å². The SMILES string of the molecule is Cc1cc(-c2ccc(CNC34CC5CC(CC(C5)C3)C4)s2)cs1. The molecule has 1 N–H and O–H groups in total. The summed E-state index contributed by atoms with van der Waals surface area (Å²) in [5, 5.41) is 6.32. The zero-order valence-electron chi connectivity index (χ0n) is 13.8. The van der Waals surface area contributed by atoms with Gasteiger partial charge in [-0.15, -0.1) is 22.7 Å². The van der Waals surface area contributed by atoms with E-state index in [0.717, 1.165) is 24.3 Å². The summed E-state index contributed by atoms with van der Waals surface area (Å²) in [4.78, 5) is 4.33. The summed E-state index contributed by atoms with van der Waals surface area (Å²) in [6.45, 7) is 3.26. The van der Waals surface area contributed by atoms with Crippen molar-refractivity contribution in [2.24, 2.45) is 17.8 Å². The zero-order chi connectivity index (χ0) is 15.4. The van der Waals surface area contributed by atoms with Gasteiger partial charge in [0, 0.05) is 32.3 Å². The van der Waals surface area contributed by atoms with E-state index in [-0.39, 0.29) is 0 Å². The molecule has 4 fully saturated rings. The van der Waals surface area contributed by atoms with Crippen molar-refractivity contribution >= 4 is 22.7 Å². The Bertz CT molecular complexity index is 676. The van der Waals surface area contributed by atoms with Crippen LogP contribution in [0, 0.1) is 24.7 Å². The van der Waals surface area contributed by atoms with Gasteiger partial charge in [-0.3, -0.25) is 0 Å². The third-order valence-electron chi connectivity index (χ3n) is 6.35. The molecule has 2 heterocycles. The second kappa shape index (κ2) is 5.44. The van der Waals surface area contributed by atoms with Gasteiger partial charge in [0.1, 0.15) is 0 Å². The molecule has 0 radical (unpaired) electrons. The van der Waals surface area contributed by atoms with Gasteiger partial charge in [0.25, 0.3) is 0 Å². The minimum atomic E-state index is 0.484. The summed E-state index contributed by atoms with van der Waals surface area (Å²) >= 11 is 3.82.